The number of hydrogen-bond donors (Lipinski definition) is 2. The molecule has 16 heteroatoms. The normalized spacial score (nSPS) is 17.8. The van der Waals surface area contributed by atoms with Crippen molar-refractivity contribution in [2.24, 2.45) is 0 Å². The fraction of sp³-hybridized carbons (Fsp3) is 0.379. The van der Waals surface area contributed by atoms with Gasteiger partial charge in [0.2, 0.25) is 0 Å². The van der Waals surface area contributed by atoms with Crippen LogP contribution in [0.25, 0.3) is 0 Å². The van der Waals surface area contributed by atoms with Crippen molar-refractivity contribution in [3.8, 4) is 5.75 Å². The van der Waals surface area contributed by atoms with Gasteiger partial charge >= 0.3 is 12.8 Å². The summed E-state index contributed by atoms with van der Waals surface area (Å²) in [5.41, 5.74) is -0.715. The molecule has 0 saturated carbocycles. The Morgan fingerprint density at radius 2 is 1.80 bits per heavy atom. The van der Waals surface area contributed by atoms with E-state index in [-0.39, 0.29) is 40.7 Å². The molecule has 2 N–H and O–H groups in total. The van der Waals surface area contributed by atoms with Crippen LogP contribution in [-0.2, 0) is 20.8 Å². The fourth-order valence-electron chi connectivity index (χ4n) is 4.79. The average molecular weight is 662 g/mol. The molecule has 1 fully saturated rings. The van der Waals surface area contributed by atoms with E-state index >= 15 is 4.39 Å². The number of anilines is 1. The molecular formula is C29H29F6N3O6S. The highest BCUT2D eigenvalue weighted by atomic mass is 32.2. The van der Waals surface area contributed by atoms with Gasteiger partial charge in [0.15, 0.2) is 21.5 Å². The molecule has 0 bridgehead atoms. The van der Waals surface area contributed by atoms with Crippen molar-refractivity contribution in [1.29, 1.82) is 0 Å². The van der Waals surface area contributed by atoms with E-state index in [4.69, 9.17) is 4.74 Å². The molecule has 0 spiro atoms. The van der Waals surface area contributed by atoms with E-state index in [1.807, 2.05) is 0 Å². The van der Waals surface area contributed by atoms with E-state index < -0.39 is 71.3 Å². The number of halogens is 6. The molecule has 2 aromatic carbocycles. The molecule has 0 aliphatic carbocycles. The van der Waals surface area contributed by atoms with Crippen LogP contribution < -0.4 is 15.0 Å². The number of aliphatic hydroxyl groups excluding tert-OH is 1. The number of carbonyl (C=O) groups is 1. The van der Waals surface area contributed by atoms with Crippen LogP contribution in [0.3, 0.4) is 0 Å². The first-order valence-electron chi connectivity index (χ1n) is 13.6. The minimum atomic E-state index is -4.54. The van der Waals surface area contributed by atoms with Gasteiger partial charge in [-0.1, -0.05) is 19.1 Å². The quantitative estimate of drug-likeness (QED) is 0.267. The zero-order valence-electron chi connectivity index (χ0n) is 23.7. The largest absolute Gasteiger partial charge is 0.489 e. The van der Waals surface area contributed by atoms with Crippen molar-refractivity contribution in [2.75, 3.05) is 30.4 Å². The summed E-state index contributed by atoms with van der Waals surface area (Å²) < 4.78 is 114. The minimum Gasteiger partial charge on any atom is -0.489 e. The number of aromatic nitrogens is 1. The van der Waals surface area contributed by atoms with Gasteiger partial charge in [-0.15, -0.1) is 0 Å². The number of ether oxygens (including phenoxy) is 2. The molecule has 0 radical (unpaired) electrons. The number of nitrogens with one attached hydrogen (secondary N) is 1. The molecule has 1 amide bonds. The summed E-state index contributed by atoms with van der Waals surface area (Å²) in [5, 5.41) is 12.4. The van der Waals surface area contributed by atoms with Gasteiger partial charge in [0.25, 0.3) is 5.91 Å². The lowest BCUT2D eigenvalue weighted by atomic mass is 10.1. The van der Waals surface area contributed by atoms with Gasteiger partial charge in [-0.05, 0) is 48.0 Å². The number of carbonyl (C=O) groups excluding carboxylic acids is 1. The summed E-state index contributed by atoms with van der Waals surface area (Å²) in [6, 6.07) is 8.51. The van der Waals surface area contributed by atoms with Crippen LogP contribution in [0.4, 0.5) is 32.2 Å². The van der Waals surface area contributed by atoms with Crippen molar-refractivity contribution in [1.82, 2.24) is 10.3 Å². The van der Waals surface area contributed by atoms with Gasteiger partial charge in [-0.2, -0.15) is 22.0 Å². The molecule has 9 nitrogen and oxygen atoms in total. The number of amides is 1. The molecule has 3 aromatic rings. The molecule has 1 aliphatic heterocycles. The summed E-state index contributed by atoms with van der Waals surface area (Å²) in [6.45, 7) is -2.79. The Balaban J connectivity index is 1.48. The standard InChI is InChI=1S/C29H29F6N3O6S/c1-2-45(41,42)23-9-3-17(4-10-23)25(15-39)37-27(40)18-11-24(30)26(36-13-18)38-14-22(12-20(38)16-43-28(31)32)44-21-7-5-19(6-8-21)29(33,34)35/h3-11,13,20,22,25,28,39H,2,12,14-16H2,1H3,(H,37,40)/t20-,22-,25-/m0/s1. The average Bonchev–Trinajstić information content (AvgIpc) is 3.40. The van der Waals surface area contributed by atoms with Crippen LogP contribution in [0.15, 0.2) is 65.7 Å². The Kier molecular flexibility index (Phi) is 10.6. The molecular weight excluding hydrogens is 632 g/mol. The van der Waals surface area contributed by atoms with Crippen molar-refractivity contribution in [2.45, 2.75) is 49.2 Å². The first-order valence-corrected chi connectivity index (χ1v) is 15.3. The Labute approximate surface area is 254 Å². The zero-order chi connectivity index (χ0) is 32.9. The smallest absolute Gasteiger partial charge is 0.416 e. The maximum Gasteiger partial charge on any atom is 0.416 e. The number of hydrogen-bond acceptors (Lipinski definition) is 8. The summed E-state index contributed by atoms with van der Waals surface area (Å²) in [5.74, 6) is -2.09. The van der Waals surface area contributed by atoms with E-state index in [1.165, 1.54) is 36.1 Å². The summed E-state index contributed by atoms with van der Waals surface area (Å²) in [7, 11) is -3.46. The monoisotopic (exact) mass is 661 g/mol. The number of benzene rings is 2. The van der Waals surface area contributed by atoms with Crippen molar-refractivity contribution >= 4 is 21.6 Å². The van der Waals surface area contributed by atoms with E-state index in [0.29, 0.717) is 5.56 Å². The second kappa shape index (κ2) is 14.0. The second-order valence-electron chi connectivity index (χ2n) is 10.1. The molecule has 4 rings (SSSR count). The van der Waals surface area contributed by atoms with Crippen LogP contribution in [0, 0.1) is 5.82 Å². The van der Waals surface area contributed by atoms with Crippen LogP contribution in [0.5, 0.6) is 5.75 Å². The number of rotatable bonds is 12. The molecule has 244 valence electrons. The van der Waals surface area contributed by atoms with Gasteiger partial charge in [0.1, 0.15) is 11.9 Å². The lowest BCUT2D eigenvalue weighted by Gasteiger charge is -2.25. The van der Waals surface area contributed by atoms with E-state index in [9.17, 15) is 40.3 Å². The Bertz CT molecular complexity index is 1570. The van der Waals surface area contributed by atoms with Gasteiger partial charge in [-0.25, -0.2) is 17.8 Å². The summed E-state index contributed by atoms with van der Waals surface area (Å²) >= 11 is 0. The minimum absolute atomic E-state index is 0.0492. The fourth-order valence-corrected chi connectivity index (χ4v) is 5.68. The first kappa shape index (κ1) is 34.0. The van der Waals surface area contributed by atoms with Crippen LogP contribution >= 0.6 is 0 Å². The molecule has 2 heterocycles. The van der Waals surface area contributed by atoms with Gasteiger partial charge in [-0.3, -0.25) is 4.79 Å². The Hall–Kier alpha value is -3.89. The Morgan fingerprint density at radius 1 is 1.13 bits per heavy atom. The van der Waals surface area contributed by atoms with E-state index in [1.54, 1.807) is 0 Å². The molecule has 0 unspecified atom stereocenters. The predicted molar refractivity (Wildman–Crippen MR) is 149 cm³/mol. The predicted octanol–water partition coefficient (Wildman–Crippen LogP) is 4.76. The van der Waals surface area contributed by atoms with Gasteiger partial charge < -0.3 is 24.8 Å². The molecule has 1 aromatic heterocycles. The SMILES string of the molecule is CCS(=O)(=O)c1ccc([C@H](CO)NC(=O)c2cnc(N3C[C@@H](Oc4ccc(C(F)(F)F)cc4)C[C@H]3COC(F)F)c(F)c2)cc1. The van der Waals surface area contributed by atoms with Crippen LogP contribution in [0.2, 0.25) is 0 Å². The third kappa shape index (κ3) is 8.43. The Morgan fingerprint density at radius 3 is 2.36 bits per heavy atom. The van der Waals surface area contributed by atoms with Crippen LogP contribution in [0.1, 0.15) is 40.9 Å². The molecule has 1 aliphatic rings. The van der Waals surface area contributed by atoms with Gasteiger partial charge in [0, 0.05) is 12.6 Å². The third-order valence-electron chi connectivity index (χ3n) is 7.14. The molecule has 1 saturated heterocycles. The highest BCUT2D eigenvalue weighted by Gasteiger charge is 2.37. The lowest BCUT2D eigenvalue weighted by molar-refractivity contribution is -0.137. The summed E-state index contributed by atoms with van der Waals surface area (Å²) in [4.78, 5) is 18.3. The lowest BCUT2D eigenvalue weighted by Crippen LogP contribution is -2.36. The first-order chi connectivity index (χ1) is 21.2. The number of alkyl halides is 5. The maximum atomic E-state index is 15.3. The van der Waals surface area contributed by atoms with Crippen LogP contribution in [-0.4, -0.2) is 68.7 Å². The van der Waals surface area contributed by atoms with E-state index in [2.05, 4.69) is 15.0 Å². The molecule has 45 heavy (non-hydrogen) atoms. The highest BCUT2D eigenvalue weighted by molar-refractivity contribution is 7.91. The topological polar surface area (TPSA) is 118 Å². The molecule has 3 atom stereocenters. The number of pyridine rings is 1. The second-order valence-corrected chi connectivity index (χ2v) is 12.4. The van der Waals surface area contributed by atoms with E-state index in [0.717, 1.165) is 36.5 Å². The summed E-state index contributed by atoms with van der Waals surface area (Å²) in [6.07, 6.45) is -4.19. The zero-order valence-corrected chi connectivity index (χ0v) is 24.5. The third-order valence-corrected chi connectivity index (χ3v) is 8.89. The van der Waals surface area contributed by atoms with Crippen molar-refractivity contribution in [3.63, 3.8) is 0 Å². The number of sulfone groups is 1. The maximum absolute atomic E-state index is 15.3. The number of aliphatic hydroxyl groups is 1. The van der Waals surface area contributed by atoms with Crippen molar-refractivity contribution in [3.05, 3.63) is 83.3 Å². The highest BCUT2D eigenvalue weighted by Crippen LogP contribution is 2.33. The number of nitrogens with zero attached hydrogens (tertiary/aromatic N) is 2. The van der Waals surface area contributed by atoms with Gasteiger partial charge in [0.05, 0.1) is 53.6 Å². The van der Waals surface area contributed by atoms with Crippen molar-refractivity contribution < 1.29 is 54.1 Å².